The SMILES string of the molecule is COC(=O)c1c(-c2ccccc2)c2cc(Br)ccc2c(=O)n1Cc1ccccc1-c1ccccc1. The van der Waals surface area contributed by atoms with Crippen molar-refractivity contribution in [3.8, 4) is 22.3 Å². The standard InChI is InChI=1S/C30H22BrNO3/c1-35-30(34)28-27(21-12-6-3-7-13-21)26-18-23(31)16-17-25(26)29(33)32(28)19-22-14-8-9-15-24(22)20-10-4-2-5-11-20/h2-18H,19H2,1H3. The molecule has 0 spiro atoms. The molecule has 0 unspecified atom stereocenters. The molecule has 5 heteroatoms. The Kier molecular flexibility index (Phi) is 6.34. The van der Waals surface area contributed by atoms with Gasteiger partial charge >= 0.3 is 5.97 Å². The van der Waals surface area contributed by atoms with Gasteiger partial charge in [-0.15, -0.1) is 0 Å². The van der Waals surface area contributed by atoms with Gasteiger partial charge in [-0.3, -0.25) is 9.36 Å². The van der Waals surface area contributed by atoms with Crippen molar-refractivity contribution < 1.29 is 9.53 Å². The molecule has 1 aromatic heterocycles. The fraction of sp³-hybridized carbons (Fsp3) is 0.0667. The number of rotatable bonds is 5. The monoisotopic (exact) mass is 523 g/mol. The van der Waals surface area contributed by atoms with Gasteiger partial charge in [0.1, 0.15) is 5.69 Å². The fourth-order valence-corrected chi connectivity index (χ4v) is 4.87. The molecule has 4 aromatic carbocycles. The Bertz CT molecular complexity index is 1590. The lowest BCUT2D eigenvalue weighted by atomic mass is 9.95. The Labute approximate surface area is 211 Å². The van der Waals surface area contributed by atoms with Crippen molar-refractivity contribution in [3.63, 3.8) is 0 Å². The summed E-state index contributed by atoms with van der Waals surface area (Å²) in [5.74, 6) is -0.556. The van der Waals surface area contributed by atoms with Crippen molar-refractivity contribution in [2.24, 2.45) is 0 Å². The number of methoxy groups -OCH3 is 1. The third-order valence-corrected chi connectivity index (χ3v) is 6.60. The normalized spacial score (nSPS) is 10.9. The molecule has 0 aliphatic rings. The molecule has 0 N–H and O–H groups in total. The Morgan fingerprint density at radius 2 is 1.43 bits per heavy atom. The van der Waals surface area contributed by atoms with Crippen molar-refractivity contribution in [3.05, 3.63) is 129 Å². The first kappa shape index (κ1) is 22.8. The average molecular weight is 524 g/mol. The van der Waals surface area contributed by atoms with Crippen LogP contribution in [0.3, 0.4) is 0 Å². The molecule has 5 rings (SSSR count). The van der Waals surface area contributed by atoms with E-state index in [0.29, 0.717) is 16.3 Å². The summed E-state index contributed by atoms with van der Waals surface area (Å²) in [6.07, 6.45) is 0. The van der Waals surface area contributed by atoms with Crippen molar-refractivity contribution in [1.82, 2.24) is 4.57 Å². The van der Waals surface area contributed by atoms with E-state index in [0.717, 1.165) is 26.7 Å². The molecule has 4 nitrogen and oxygen atoms in total. The van der Waals surface area contributed by atoms with Gasteiger partial charge in [0.25, 0.3) is 5.56 Å². The zero-order valence-corrected chi connectivity index (χ0v) is 20.7. The van der Waals surface area contributed by atoms with Crippen LogP contribution >= 0.6 is 15.9 Å². The van der Waals surface area contributed by atoms with Crippen molar-refractivity contribution in [1.29, 1.82) is 0 Å². The van der Waals surface area contributed by atoms with Crippen LogP contribution in [0.15, 0.2) is 112 Å². The van der Waals surface area contributed by atoms with Gasteiger partial charge < -0.3 is 4.74 Å². The second kappa shape index (κ2) is 9.72. The first-order chi connectivity index (χ1) is 17.1. The smallest absolute Gasteiger partial charge is 0.355 e. The van der Waals surface area contributed by atoms with E-state index in [1.807, 2.05) is 97.1 Å². The van der Waals surface area contributed by atoms with Crippen molar-refractivity contribution >= 4 is 32.7 Å². The maximum atomic E-state index is 13.9. The lowest BCUT2D eigenvalue weighted by molar-refractivity contribution is 0.0588. The number of fused-ring (bicyclic) bond motifs is 1. The lowest BCUT2D eigenvalue weighted by Gasteiger charge is -2.20. The molecular weight excluding hydrogens is 502 g/mol. The largest absolute Gasteiger partial charge is 0.464 e. The topological polar surface area (TPSA) is 48.3 Å². The molecule has 0 bridgehead atoms. The van der Waals surface area contributed by atoms with E-state index in [9.17, 15) is 9.59 Å². The molecular formula is C30H22BrNO3. The summed E-state index contributed by atoms with van der Waals surface area (Å²) in [5, 5.41) is 1.24. The molecule has 0 atom stereocenters. The van der Waals surface area contributed by atoms with E-state index >= 15 is 0 Å². The van der Waals surface area contributed by atoms with Crippen LogP contribution < -0.4 is 5.56 Å². The van der Waals surface area contributed by atoms with Gasteiger partial charge in [0, 0.05) is 15.4 Å². The van der Waals surface area contributed by atoms with E-state index in [1.54, 1.807) is 10.6 Å². The number of esters is 1. The molecule has 0 amide bonds. The fourth-order valence-electron chi connectivity index (χ4n) is 4.50. The number of carbonyl (C=O) groups is 1. The Morgan fingerprint density at radius 1 is 0.800 bits per heavy atom. The van der Waals surface area contributed by atoms with Gasteiger partial charge in [0.2, 0.25) is 0 Å². The molecule has 0 fully saturated rings. The van der Waals surface area contributed by atoms with E-state index < -0.39 is 5.97 Å². The number of aromatic nitrogens is 1. The number of ether oxygens (including phenoxy) is 1. The second-order valence-electron chi connectivity index (χ2n) is 8.19. The number of hydrogen-bond acceptors (Lipinski definition) is 3. The predicted octanol–water partition coefficient (Wildman–Crippen LogP) is 6.93. The lowest BCUT2D eigenvalue weighted by Crippen LogP contribution is -2.28. The molecule has 35 heavy (non-hydrogen) atoms. The molecule has 5 aromatic rings. The summed E-state index contributed by atoms with van der Waals surface area (Å²) < 4.78 is 7.59. The van der Waals surface area contributed by atoms with Gasteiger partial charge in [0.15, 0.2) is 0 Å². The minimum atomic E-state index is -0.556. The maximum Gasteiger partial charge on any atom is 0.355 e. The summed E-state index contributed by atoms with van der Waals surface area (Å²) in [6.45, 7) is 0.222. The van der Waals surface area contributed by atoms with Crippen LogP contribution in [0.2, 0.25) is 0 Å². The summed E-state index contributed by atoms with van der Waals surface area (Å²) >= 11 is 3.53. The van der Waals surface area contributed by atoms with Gasteiger partial charge in [-0.2, -0.15) is 0 Å². The number of hydrogen-bond donors (Lipinski definition) is 0. The number of pyridine rings is 1. The van der Waals surface area contributed by atoms with Gasteiger partial charge in [-0.05, 0) is 45.8 Å². The van der Waals surface area contributed by atoms with Crippen LogP contribution in [0.5, 0.6) is 0 Å². The summed E-state index contributed by atoms with van der Waals surface area (Å²) in [7, 11) is 1.34. The molecule has 0 aliphatic heterocycles. The summed E-state index contributed by atoms with van der Waals surface area (Å²) in [4.78, 5) is 27.1. The minimum Gasteiger partial charge on any atom is -0.464 e. The number of carbonyl (C=O) groups excluding carboxylic acids is 1. The average Bonchev–Trinajstić information content (AvgIpc) is 2.90. The highest BCUT2D eigenvalue weighted by molar-refractivity contribution is 9.10. The molecule has 0 saturated carbocycles. The first-order valence-electron chi connectivity index (χ1n) is 11.2. The zero-order valence-electron chi connectivity index (χ0n) is 19.1. The number of benzene rings is 4. The van der Waals surface area contributed by atoms with Crippen LogP contribution in [0.4, 0.5) is 0 Å². The molecule has 0 saturated heterocycles. The summed E-state index contributed by atoms with van der Waals surface area (Å²) in [6, 6.07) is 33.1. The first-order valence-corrected chi connectivity index (χ1v) is 12.0. The Balaban J connectivity index is 1.84. The molecule has 172 valence electrons. The van der Waals surface area contributed by atoms with Crippen molar-refractivity contribution in [2.45, 2.75) is 6.54 Å². The molecule has 0 aliphatic carbocycles. The highest BCUT2D eigenvalue weighted by Gasteiger charge is 2.24. The zero-order chi connectivity index (χ0) is 24.4. The van der Waals surface area contributed by atoms with Crippen LogP contribution in [-0.4, -0.2) is 17.6 Å². The predicted molar refractivity (Wildman–Crippen MR) is 144 cm³/mol. The Morgan fingerprint density at radius 3 is 2.11 bits per heavy atom. The van der Waals surface area contributed by atoms with Crippen LogP contribution in [-0.2, 0) is 11.3 Å². The highest BCUT2D eigenvalue weighted by atomic mass is 79.9. The van der Waals surface area contributed by atoms with Crippen LogP contribution in [0.25, 0.3) is 33.0 Å². The van der Waals surface area contributed by atoms with Gasteiger partial charge in [0.05, 0.1) is 13.7 Å². The highest BCUT2D eigenvalue weighted by Crippen LogP contribution is 2.34. The van der Waals surface area contributed by atoms with E-state index in [4.69, 9.17) is 4.74 Å². The third kappa shape index (κ3) is 4.31. The molecule has 1 heterocycles. The van der Waals surface area contributed by atoms with Crippen molar-refractivity contribution in [2.75, 3.05) is 7.11 Å². The van der Waals surface area contributed by atoms with E-state index in [-0.39, 0.29) is 17.8 Å². The van der Waals surface area contributed by atoms with Gasteiger partial charge in [-0.1, -0.05) is 101 Å². The third-order valence-electron chi connectivity index (χ3n) is 6.11. The van der Waals surface area contributed by atoms with Gasteiger partial charge in [-0.25, -0.2) is 4.79 Å². The molecule has 0 radical (unpaired) electrons. The maximum absolute atomic E-state index is 13.9. The number of halogens is 1. The second-order valence-corrected chi connectivity index (χ2v) is 9.10. The van der Waals surface area contributed by atoms with E-state index in [1.165, 1.54) is 7.11 Å². The van der Waals surface area contributed by atoms with E-state index in [2.05, 4.69) is 15.9 Å². The quantitative estimate of drug-likeness (QED) is 0.234. The Hall–Kier alpha value is -3.96. The minimum absolute atomic E-state index is 0.222. The van der Waals surface area contributed by atoms with Crippen LogP contribution in [0, 0.1) is 0 Å². The van der Waals surface area contributed by atoms with Crippen LogP contribution in [0.1, 0.15) is 16.1 Å². The number of nitrogens with zero attached hydrogens (tertiary/aromatic N) is 1. The summed E-state index contributed by atoms with van der Waals surface area (Å²) in [5.41, 5.74) is 4.48.